The molecule has 0 heterocycles. The molecule has 1 N–H and O–H groups in total. The lowest BCUT2D eigenvalue weighted by atomic mass is 10.1. The molecular formula is C15H16ClNO. The fourth-order valence-electron chi connectivity index (χ4n) is 1.71. The second-order valence-electron chi connectivity index (χ2n) is 4.19. The summed E-state index contributed by atoms with van der Waals surface area (Å²) in [6.45, 7) is 3.23. The molecule has 0 amide bonds. The quantitative estimate of drug-likeness (QED) is 0.827. The Kier molecular flexibility index (Phi) is 4.62. The number of hydrogen-bond acceptors (Lipinski definition) is 2. The van der Waals surface area contributed by atoms with Gasteiger partial charge in [-0.3, -0.25) is 0 Å². The first kappa shape index (κ1) is 12.9. The van der Waals surface area contributed by atoms with Gasteiger partial charge in [-0.15, -0.1) is 0 Å². The van der Waals surface area contributed by atoms with Crippen molar-refractivity contribution in [1.29, 1.82) is 0 Å². The SMILES string of the molecule is Cc1ccc(COc2ccccc2CNCl)cc1. The fraction of sp³-hybridized carbons (Fsp3) is 0.200. The Balaban J connectivity index is 2.03. The lowest BCUT2D eigenvalue weighted by Gasteiger charge is -2.10. The van der Waals surface area contributed by atoms with Gasteiger partial charge in [0, 0.05) is 12.1 Å². The Morgan fingerprint density at radius 2 is 1.78 bits per heavy atom. The summed E-state index contributed by atoms with van der Waals surface area (Å²) in [5.74, 6) is 0.867. The second kappa shape index (κ2) is 6.43. The number of nitrogens with one attached hydrogen (secondary N) is 1. The van der Waals surface area contributed by atoms with Crippen LogP contribution in [0.1, 0.15) is 16.7 Å². The highest BCUT2D eigenvalue weighted by Gasteiger charge is 2.02. The van der Waals surface area contributed by atoms with Crippen molar-refractivity contribution in [1.82, 2.24) is 4.84 Å². The summed E-state index contributed by atoms with van der Waals surface area (Å²) in [5, 5.41) is 0. The average molecular weight is 262 g/mol. The van der Waals surface area contributed by atoms with Gasteiger partial charge in [-0.25, -0.2) is 4.84 Å². The number of benzene rings is 2. The molecule has 2 aromatic rings. The van der Waals surface area contributed by atoms with Crippen molar-refractivity contribution in [3.63, 3.8) is 0 Å². The van der Waals surface area contributed by atoms with Crippen LogP contribution in [-0.4, -0.2) is 0 Å². The molecule has 0 aliphatic heterocycles. The van der Waals surface area contributed by atoms with E-state index in [0.29, 0.717) is 13.2 Å². The molecule has 0 saturated heterocycles. The van der Waals surface area contributed by atoms with Gasteiger partial charge in [-0.2, -0.15) is 0 Å². The molecule has 0 unspecified atom stereocenters. The van der Waals surface area contributed by atoms with E-state index in [9.17, 15) is 0 Å². The predicted molar refractivity (Wildman–Crippen MR) is 74.6 cm³/mol. The Morgan fingerprint density at radius 3 is 2.50 bits per heavy atom. The maximum Gasteiger partial charge on any atom is 0.124 e. The molecule has 2 nitrogen and oxygen atoms in total. The standard InChI is InChI=1S/C15H16ClNO/c1-12-6-8-13(9-7-12)11-18-15-5-3-2-4-14(15)10-17-16/h2-9,17H,10-11H2,1H3. The molecule has 2 aromatic carbocycles. The van der Waals surface area contributed by atoms with Crippen molar-refractivity contribution >= 4 is 11.8 Å². The van der Waals surface area contributed by atoms with Crippen LogP contribution >= 0.6 is 11.8 Å². The number of ether oxygens (including phenoxy) is 1. The summed E-state index contributed by atoms with van der Waals surface area (Å²) in [6, 6.07) is 16.2. The molecule has 94 valence electrons. The van der Waals surface area contributed by atoms with Crippen molar-refractivity contribution in [2.45, 2.75) is 20.1 Å². The zero-order valence-corrected chi connectivity index (χ0v) is 11.1. The van der Waals surface area contributed by atoms with E-state index in [1.807, 2.05) is 24.3 Å². The number of rotatable bonds is 5. The molecule has 3 heteroatoms. The van der Waals surface area contributed by atoms with Crippen LogP contribution in [0.4, 0.5) is 0 Å². The molecule has 0 aliphatic carbocycles. The van der Waals surface area contributed by atoms with Crippen LogP contribution < -0.4 is 9.57 Å². The maximum atomic E-state index is 5.82. The van der Waals surface area contributed by atoms with E-state index in [2.05, 4.69) is 36.0 Å². The maximum absolute atomic E-state index is 5.82. The van der Waals surface area contributed by atoms with Crippen LogP contribution in [0, 0.1) is 6.92 Å². The van der Waals surface area contributed by atoms with Gasteiger partial charge >= 0.3 is 0 Å². The zero-order valence-electron chi connectivity index (χ0n) is 10.3. The van der Waals surface area contributed by atoms with Crippen LogP contribution in [0.5, 0.6) is 5.75 Å². The van der Waals surface area contributed by atoms with Crippen molar-refractivity contribution in [2.24, 2.45) is 0 Å². The number of hydrogen-bond donors (Lipinski definition) is 1. The minimum absolute atomic E-state index is 0.569. The van der Waals surface area contributed by atoms with E-state index in [4.69, 9.17) is 16.5 Å². The normalized spacial score (nSPS) is 10.3. The summed E-state index contributed by atoms with van der Waals surface area (Å²) in [6.07, 6.45) is 0. The molecule has 0 fully saturated rings. The minimum atomic E-state index is 0.569. The molecule has 0 aliphatic rings. The van der Waals surface area contributed by atoms with Gasteiger partial charge in [0.1, 0.15) is 12.4 Å². The lowest BCUT2D eigenvalue weighted by Crippen LogP contribution is -2.03. The van der Waals surface area contributed by atoms with E-state index in [0.717, 1.165) is 16.9 Å². The molecule has 0 radical (unpaired) electrons. The number of aryl methyl sites for hydroxylation is 1. The van der Waals surface area contributed by atoms with Crippen molar-refractivity contribution in [2.75, 3.05) is 0 Å². The van der Waals surface area contributed by atoms with E-state index in [1.165, 1.54) is 5.56 Å². The Hall–Kier alpha value is -1.51. The summed E-state index contributed by atoms with van der Waals surface area (Å²) in [5.41, 5.74) is 3.47. The monoisotopic (exact) mass is 261 g/mol. The first-order valence-electron chi connectivity index (χ1n) is 5.89. The Morgan fingerprint density at radius 1 is 1.06 bits per heavy atom. The van der Waals surface area contributed by atoms with Gasteiger partial charge < -0.3 is 4.74 Å². The van der Waals surface area contributed by atoms with Crippen LogP contribution in [-0.2, 0) is 13.2 Å². The largest absolute Gasteiger partial charge is 0.489 e. The van der Waals surface area contributed by atoms with Gasteiger partial charge in [-0.1, -0.05) is 48.0 Å². The summed E-state index contributed by atoms with van der Waals surface area (Å²) in [4.78, 5) is 2.62. The van der Waals surface area contributed by atoms with E-state index < -0.39 is 0 Å². The van der Waals surface area contributed by atoms with E-state index in [1.54, 1.807) is 0 Å². The molecule has 0 aromatic heterocycles. The van der Waals surface area contributed by atoms with Crippen LogP contribution in [0.15, 0.2) is 48.5 Å². The number of halogens is 1. The molecule has 0 saturated carbocycles. The smallest absolute Gasteiger partial charge is 0.124 e. The highest BCUT2D eigenvalue weighted by molar-refractivity contribution is 6.13. The first-order chi connectivity index (χ1) is 8.79. The first-order valence-corrected chi connectivity index (χ1v) is 6.27. The van der Waals surface area contributed by atoms with Crippen molar-refractivity contribution in [3.05, 3.63) is 65.2 Å². The molecular weight excluding hydrogens is 246 g/mol. The van der Waals surface area contributed by atoms with Crippen molar-refractivity contribution < 1.29 is 4.74 Å². The fourth-order valence-corrected chi connectivity index (χ4v) is 1.85. The summed E-state index contributed by atoms with van der Waals surface area (Å²) >= 11 is 5.54. The molecule has 0 bridgehead atoms. The van der Waals surface area contributed by atoms with Gasteiger partial charge in [0.15, 0.2) is 0 Å². The van der Waals surface area contributed by atoms with Gasteiger partial charge in [0.2, 0.25) is 0 Å². The topological polar surface area (TPSA) is 21.3 Å². The third-order valence-electron chi connectivity index (χ3n) is 2.74. The highest BCUT2D eigenvalue weighted by Crippen LogP contribution is 2.19. The van der Waals surface area contributed by atoms with E-state index in [-0.39, 0.29) is 0 Å². The molecule has 18 heavy (non-hydrogen) atoms. The van der Waals surface area contributed by atoms with Gasteiger partial charge in [0.25, 0.3) is 0 Å². The Labute approximate surface area is 113 Å². The van der Waals surface area contributed by atoms with Gasteiger partial charge in [0.05, 0.1) is 0 Å². The van der Waals surface area contributed by atoms with Crippen LogP contribution in [0.3, 0.4) is 0 Å². The Bertz CT molecular complexity index is 496. The van der Waals surface area contributed by atoms with Crippen LogP contribution in [0.25, 0.3) is 0 Å². The average Bonchev–Trinajstić information content (AvgIpc) is 2.40. The highest BCUT2D eigenvalue weighted by atomic mass is 35.5. The third-order valence-corrected chi connectivity index (χ3v) is 2.88. The molecule has 0 atom stereocenters. The summed E-state index contributed by atoms with van der Waals surface area (Å²) < 4.78 is 5.82. The van der Waals surface area contributed by atoms with Crippen molar-refractivity contribution in [3.8, 4) is 5.75 Å². The second-order valence-corrected chi connectivity index (χ2v) is 4.46. The minimum Gasteiger partial charge on any atom is -0.489 e. The number of para-hydroxylation sites is 1. The predicted octanol–water partition coefficient (Wildman–Crippen LogP) is 3.82. The lowest BCUT2D eigenvalue weighted by molar-refractivity contribution is 0.302. The molecule has 0 spiro atoms. The van der Waals surface area contributed by atoms with Gasteiger partial charge in [-0.05, 0) is 30.3 Å². The van der Waals surface area contributed by atoms with E-state index >= 15 is 0 Å². The zero-order chi connectivity index (χ0) is 12.8. The van der Waals surface area contributed by atoms with Crippen LogP contribution in [0.2, 0.25) is 0 Å². The third kappa shape index (κ3) is 3.49. The summed E-state index contributed by atoms with van der Waals surface area (Å²) in [7, 11) is 0. The molecule has 2 rings (SSSR count).